The summed E-state index contributed by atoms with van der Waals surface area (Å²) in [4.78, 5) is 25.1. The van der Waals surface area contributed by atoms with Crippen LogP contribution in [0.3, 0.4) is 0 Å². The summed E-state index contributed by atoms with van der Waals surface area (Å²) in [5.41, 5.74) is 0. The van der Waals surface area contributed by atoms with Crippen molar-refractivity contribution < 1.29 is 9.59 Å². The molecule has 1 aliphatic rings. The molecule has 15 heavy (non-hydrogen) atoms. The number of carbonyl (C=O) groups excluding carboxylic acids is 2. The van der Waals surface area contributed by atoms with Gasteiger partial charge in [-0.15, -0.1) is 0 Å². The molecule has 0 bridgehead atoms. The van der Waals surface area contributed by atoms with Crippen LogP contribution in [-0.2, 0) is 9.59 Å². The number of nitrogens with one attached hydrogen (secondary N) is 1. The van der Waals surface area contributed by atoms with Crippen molar-refractivity contribution in [3.05, 3.63) is 0 Å². The molecule has 0 spiro atoms. The topological polar surface area (TPSA) is 49.4 Å². The lowest BCUT2D eigenvalue weighted by molar-refractivity contribution is -0.133. The molecule has 4 nitrogen and oxygen atoms in total. The van der Waals surface area contributed by atoms with Crippen molar-refractivity contribution in [1.29, 1.82) is 0 Å². The minimum Gasteiger partial charge on any atom is -0.344 e. The lowest BCUT2D eigenvalue weighted by Crippen LogP contribution is -2.44. The van der Waals surface area contributed by atoms with E-state index in [-0.39, 0.29) is 17.9 Å². The van der Waals surface area contributed by atoms with Crippen LogP contribution in [0.4, 0.5) is 0 Å². The number of unbranched alkanes of at least 4 members (excludes halogenated alkanes) is 1. The molecule has 1 saturated heterocycles. The molecule has 2 amide bonds. The van der Waals surface area contributed by atoms with Gasteiger partial charge in [-0.2, -0.15) is 0 Å². The zero-order chi connectivity index (χ0) is 11.3. The second kappa shape index (κ2) is 5.73. The van der Waals surface area contributed by atoms with Crippen LogP contribution in [0.25, 0.3) is 0 Å². The summed E-state index contributed by atoms with van der Waals surface area (Å²) < 4.78 is 0. The first-order chi connectivity index (χ1) is 7.19. The fraction of sp³-hybridized carbons (Fsp3) is 0.818. The van der Waals surface area contributed by atoms with Gasteiger partial charge in [-0.05, 0) is 12.8 Å². The molecule has 0 aromatic rings. The van der Waals surface area contributed by atoms with Crippen LogP contribution >= 0.6 is 0 Å². The smallest absolute Gasteiger partial charge is 0.245 e. The molecule has 1 atom stereocenters. The lowest BCUT2D eigenvalue weighted by atomic mass is 10.2. The fourth-order valence-electron chi connectivity index (χ4n) is 1.74. The molecule has 0 aromatic carbocycles. The van der Waals surface area contributed by atoms with Crippen LogP contribution in [0.15, 0.2) is 0 Å². The minimum atomic E-state index is -0.308. The van der Waals surface area contributed by atoms with E-state index in [0.717, 1.165) is 19.4 Å². The molecule has 1 rings (SSSR count). The summed E-state index contributed by atoms with van der Waals surface area (Å²) in [6.45, 7) is 5.37. The first-order valence-corrected chi connectivity index (χ1v) is 5.77. The molecule has 0 saturated carbocycles. The highest BCUT2D eigenvalue weighted by Crippen LogP contribution is 2.07. The Balaban J connectivity index is 2.62. The normalized spacial score (nSPS) is 22.5. The number of amides is 2. The molecule has 1 heterocycles. The van der Waals surface area contributed by atoms with E-state index in [1.54, 1.807) is 0 Å². The van der Waals surface area contributed by atoms with Crippen LogP contribution in [0.5, 0.6) is 0 Å². The average molecular weight is 212 g/mol. The third kappa shape index (κ3) is 3.22. The van der Waals surface area contributed by atoms with Gasteiger partial charge in [0.05, 0.1) is 0 Å². The van der Waals surface area contributed by atoms with Crippen molar-refractivity contribution in [2.45, 2.75) is 45.6 Å². The quantitative estimate of drug-likeness (QED) is 0.753. The molecule has 1 N–H and O–H groups in total. The van der Waals surface area contributed by atoms with Crippen LogP contribution in [0.1, 0.15) is 39.5 Å². The zero-order valence-corrected chi connectivity index (χ0v) is 9.58. The van der Waals surface area contributed by atoms with Gasteiger partial charge in [0, 0.05) is 19.5 Å². The van der Waals surface area contributed by atoms with Crippen molar-refractivity contribution in [1.82, 2.24) is 10.2 Å². The monoisotopic (exact) mass is 212 g/mol. The molecule has 0 radical (unpaired) electrons. The highest BCUT2D eigenvalue weighted by molar-refractivity contribution is 5.89. The summed E-state index contributed by atoms with van der Waals surface area (Å²) in [5.74, 6) is 0.0750. The highest BCUT2D eigenvalue weighted by Gasteiger charge is 2.27. The summed E-state index contributed by atoms with van der Waals surface area (Å²) in [6, 6.07) is -0.308. The molecular formula is C11H20N2O2. The Bertz CT molecular complexity index is 241. The lowest BCUT2D eigenvalue weighted by Gasteiger charge is -2.23. The molecule has 0 aliphatic carbocycles. The third-order valence-corrected chi connectivity index (χ3v) is 2.74. The number of hydrogen-bond donors (Lipinski definition) is 1. The predicted octanol–water partition coefficient (Wildman–Crippen LogP) is 0.914. The van der Waals surface area contributed by atoms with E-state index in [1.165, 1.54) is 0 Å². The number of carbonyl (C=O) groups is 2. The molecule has 1 aliphatic heterocycles. The van der Waals surface area contributed by atoms with E-state index in [1.807, 2.05) is 11.8 Å². The Kier molecular flexibility index (Phi) is 4.59. The number of hydrogen-bond acceptors (Lipinski definition) is 2. The van der Waals surface area contributed by atoms with Crippen LogP contribution < -0.4 is 5.32 Å². The zero-order valence-electron chi connectivity index (χ0n) is 9.58. The van der Waals surface area contributed by atoms with Crippen molar-refractivity contribution >= 4 is 11.8 Å². The van der Waals surface area contributed by atoms with E-state index in [0.29, 0.717) is 19.4 Å². The Morgan fingerprint density at radius 1 is 1.40 bits per heavy atom. The van der Waals surface area contributed by atoms with E-state index in [4.69, 9.17) is 0 Å². The Morgan fingerprint density at radius 3 is 2.73 bits per heavy atom. The average Bonchev–Trinajstić information content (AvgIpc) is 2.37. The largest absolute Gasteiger partial charge is 0.344 e. The summed E-state index contributed by atoms with van der Waals surface area (Å²) in [5, 5.41) is 2.75. The first kappa shape index (κ1) is 12.0. The Morgan fingerprint density at radius 2 is 2.13 bits per heavy atom. The summed E-state index contributed by atoms with van der Waals surface area (Å²) in [6.07, 6.45) is 3.19. The first-order valence-electron chi connectivity index (χ1n) is 5.77. The van der Waals surface area contributed by atoms with Gasteiger partial charge in [0.1, 0.15) is 6.04 Å². The molecular weight excluding hydrogens is 192 g/mol. The second-order valence-electron chi connectivity index (χ2n) is 3.96. The van der Waals surface area contributed by atoms with Gasteiger partial charge < -0.3 is 10.2 Å². The van der Waals surface area contributed by atoms with Gasteiger partial charge in [-0.3, -0.25) is 9.59 Å². The molecule has 4 heteroatoms. The minimum absolute atomic E-state index is 0.00537. The summed E-state index contributed by atoms with van der Waals surface area (Å²) >= 11 is 0. The van der Waals surface area contributed by atoms with Crippen molar-refractivity contribution in [2.24, 2.45) is 0 Å². The maximum absolute atomic E-state index is 11.9. The van der Waals surface area contributed by atoms with Gasteiger partial charge >= 0.3 is 0 Å². The third-order valence-electron chi connectivity index (χ3n) is 2.74. The number of rotatable bonds is 4. The van der Waals surface area contributed by atoms with Crippen molar-refractivity contribution in [2.75, 3.05) is 13.1 Å². The van der Waals surface area contributed by atoms with Crippen molar-refractivity contribution in [3.63, 3.8) is 0 Å². The SMILES string of the molecule is CCCCN1CCC(=O)NC(CC)C1=O. The van der Waals surface area contributed by atoms with E-state index in [2.05, 4.69) is 12.2 Å². The molecule has 0 aromatic heterocycles. The maximum Gasteiger partial charge on any atom is 0.245 e. The fourth-order valence-corrected chi connectivity index (χ4v) is 1.74. The predicted molar refractivity (Wildman–Crippen MR) is 58.3 cm³/mol. The van der Waals surface area contributed by atoms with Gasteiger partial charge in [-0.25, -0.2) is 0 Å². The van der Waals surface area contributed by atoms with Gasteiger partial charge in [0.15, 0.2) is 0 Å². The van der Waals surface area contributed by atoms with E-state index < -0.39 is 0 Å². The van der Waals surface area contributed by atoms with Gasteiger partial charge in [0.25, 0.3) is 0 Å². The van der Waals surface area contributed by atoms with Crippen LogP contribution in [0, 0.1) is 0 Å². The molecule has 86 valence electrons. The highest BCUT2D eigenvalue weighted by atomic mass is 16.2. The van der Waals surface area contributed by atoms with Gasteiger partial charge in [0.2, 0.25) is 11.8 Å². The Hall–Kier alpha value is -1.06. The second-order valence-corrected chi connectivity index (χ2v) is 3.96. The van der Waals surface area contributed by atoms with Gasteiger partial charge in [-0.1, -0.05) is 20.3 Å². The number of nitrogens with zero attached hydrogens (tertiary/aromatic N) is 1. The van der Waals surface area contributed by atoms with E-state index in [9.17, 15) is 9.59 Å². The molecule has 1 fully saturated rings. The standard InChI is InChI=1S/C11H20N2O2/c1-3-5-7-13-8-6-10(14)12-9(4-2)11(13)15/h9H,3-8H2,1-2H3,(H,12,14). The van der Waals surface area contributed by atoms with E-state index >= 15 is 0 Å². The Labute approximate surface area is 91.0 Å². The maximum atomic E-state index is 11.9. The van der Waals surface area contributed by atoms with Crippen LogP contribution in [-0.4, -0.2) is 35.8 Å². The van der Waals surface area contributed by atoms with Crippen LogP contribution in [0.2, 0.25) is 0 Å². The molecule has 1 unspecified atom stereocenters. The van der Waals surface area contributed by atoms with Crippen molar-refractivity contribution in [3.8, 4) is 0 Å². The summed E-state index contributed by atoms with van der Waals surface area (Å²) in [7, 11) is 0.